The second-order valence-corrected chi connectivity index (χ2v) is 11.4. The monoisotopic (exact) mass is 595 g/mol. The van der Waals surface area contributed by atoms with Gasteiger partial charge in [0.15, 0.2) is 6.04 Å². The fourth-order valence-corrected chi connectivity index (χ4v) is 5.10. The van der Waals surface area contributed by atoms with Crippen molar-refractivity contribution >= 4 is 57.5 Å². The number of aromatic nitrogens is 2. The highest BCUT2D eigenvalue weighted by Crippen LogP contribution is 2.36. The predicted molar refractivity (Wildman–Crippen MR) is 145 cm³/mol. The lowest BCUT2D eigenvalue weighted by Crippen LogP contribution is -2.48. The van der Waals surface area contributed by atoms with Crippen LogP contribution in [0.15, 0.2) is 47.5 Å². The van der Waals surface area contributed by atoms with Crippen molar-refractivity contribution in [3.63, 3.8) is 0 Å². The van der Waals surface area contributed by atoms with Crippen molar-refractivity contribution in [3.8, 4) is 0 Å². The summed E-state index contributed by atoms with van der Waals surface area (Å²) in [6.07, 6.45) is -1.58. The van der Waals surface area contributed by atoms with Crippen molar-refractivity contribution in [2.75, 3.05) is 13.7 Å². The van der Waals surface area contributed by atoms with Crippen LogP contribution < -0.4 is 0 Å². The largest absolute Gasteiger partial charge is 0.467 e. The van der Waals surface area contributed by atoms with E-state index in [4.69, 9.17) is 21.1 Å². The van der Waals surface area contributed by atoms with Crippen molar-refractivity contribution in [3.05, 3.63) is 69.2 Å². The fraction of sp³-hybridized carbons (Fsp3) is 0.333. The Morgan fingerprint density at radius 1 is 1.15 bits per heavy atom. The zero-order chi connectivity index (χ0) is 29.4. The van der Waals surface area contributed by atoms with Gasteiger partial charge in [0.2, 0.25) is 0 Å². The van der Waals surface area contributed by atoms with Gasteiger partial charge in [0, 0.05) is 10.4 Å². The molecule has 1 saturated heterocycles. The number of hydrogen-bond donors (Lipinski definition) is 0. The molecule has 1 aliphatic heterocycles. The number of esters is 1. The van der Waals surface area contributed by atoms with Gasteiger partial charge in [-0.3, -0.25) is 19.2 Å². The number of imide groups is 1. The third-order valence-electron chi connectivity index (χ3n) is 5.94. The lowest BCUT2D eigenvalue weighted by atomic mass is 10.1. The Morgan fingerprint density at radius 2 is 1.88 bits per heavy atom. The van der Waals surface area contributed by atoms with Crippen molar-refractivity contribution in [1.82, 2.24) is 14.7 Å². The molecule has 1 fully saturated rings. The van der Waals surface area contributed by atoms with Crippen molar-refractivity contribution in [2.24, 2.45) is 0 Å². The summed E-state index contributed by atoms with van der Waals surface area (Å²) in [4.78, 5) is 39.2. The van der Waals surface area contributed by atoms with Crippen molar-refractivity contribution in [2.45, 2.75) is 45.1 Å². The highest BCUT2D eigenvalue weighted by atomic mass is 35.5. The maximum Gasteiger partial charge on any atom is 0.416 e. The van der Waals surface area contributed by atoms with Gasteiger partial charge in [0.1, 0.15) is 0 Å². The van der Waals surface area contributed by atoms with E-state index in [1.54, 1.807) is 39.0 Å². The molecular formula is C27H25ClF3N3O5S. The van der Waals surface area contributed by atoms with Crippen LogP contribution in [0, 0.1) is 0 Å². The molecule has 1 aliphatic rings. The number of carbonyl (C=O) groups is 3. The number of carbonyl (C=O) groups excluding carboxylic acids is 3. The summed E-state index contributed by atoms with van der Waals surface area (Å²) in [5.74, 6) is -1.45. The Kier molecular flexibility index (Phi) is 8.34. The van der Waals surface area contributed by atoms with Gasteiger partial charge in [0.25, 0.3) is 11.1 Å². The van der Waals surface area contributed by atoms with Gasteiger partial charge in [-0.15, -0.1) is 0 Å². The third-order valence-corrected chi connectivity index (χ3v) is 7.06. The first-order valence-electron chi connectivity index (χ1n) is 12.0. The first-order valence-corrected chi connectivity index (χ1v) is 13.2. The number of benzene rings is 2. The summed E-state index contributed by atoms with van der Waals surface area (Å²) >= 11 is 6.46. The van der Waals surface area contributed by atoms with Crippen LogP contribution in [0.25, 0.3) is 17.0 Å². The molecule has 2 aromatic carbocycles. The van der Waals surface area contributed by atoms with Crippen LogP contribution in [0.5, 0.6) is 0 Å². The minimum Gasteiger partial charge on any atom is -0.467 e. The maximum atomic E-state index is 13.5. The third kappa shape index (κ3) is 6.51. The van der Waals surface area contributed by atoms with E-state index in [1.807, 2.05) is 0 Å². The van der Waals surface area contributed by atoms with E-state index >= 15 is 0 Å². The molecule has 40 heavy (non-hydrogen) atoms. The Morgan fingerprint density at radius 3 is 2.52 bits per heavy atom. The molecule has 13 heteroatoms. The van der Waals surface area contributed by atoms with E-state index < -0.39 is 40.5 Å². The number of ether oxygens (including phenoxy) is 2. The first-order chi connectivity index (χ1) is 18.7. The van der Waals surface area contributed by atoms with Crippen LogP contribution in [-0.4, -0.2) is 57.2 Å². The molecule has 1 aromatic heterocycles. The van der Waals surface area contributed by atoms with Gasteiger partial charge in [-0.2, -0.15) is 18.3 Å². The average molecular weight is 596 g/mol. The Hall–Kier alpha value is -3.35. The van der Waals surface area contributed by atoms with Crippen LogP contribution >= 0.6 is 23.4 Å². The Balaban J connectivity index is 1.59. The summed E-state index contributed by atoms with van der Waals surface area (Å²) in [7, 11) is 1.16. The van der Waals surface area contributed by atoms with Gasteiger partial charge in [-0.25, -0.2) is 4.79 Å². The summed E-state index contributed by atoms with van der Waals surface area (Å²) in [6, 6.07) is 7.35. The van der Waals surface area contributed by atoms with Gasteiger partial charge in [-0.1, -0.05) is 23.7 Å². The van der Waals surface area contributed by atoms with Gasteiger partial charge in [0.05, 0.1) is 48.0 Å². The average Bonchev–Trinajstić information content (AvgIpc) is 3.38. The molecule has 0 bridgehead atoms. The van der Waals surface area contributed by atoms with Crippen molar-refractivity contribution < 1.29 is 37.0 Å². The van der Waals surface area contributed by atoms with Crippen LogP contribution in [0.4, 0.5) is 18.0 Å². The number of hydrogen-bond acceptors (Lipinski definition) is 7. The van der Waals surface area contributed by atoms with Crippen LogP contribution in [0.2, 0.25) is 5.02 Å². The van der Waals surface area contributed by atoms with Crippen molar-refractivity contribution in [1.29, 1.82) is 0 Å². The molecule has 0 N–H and O–H groups in total. The Labute approximate surface area is 237 Å². The van der Waals surface area contributed by atoms with E-state index in [2.05, 4.69) is 5.10 Å². The molecule has 0 spiro atoms. The molecule has 212 valence electrons. The van der Waals surface area contributed by atoms with Crippen LogP contribution in [-0.2, 0) is 31.8 Å². The topological polar surface area (TPSA) is 90.7 Å². The lowest BCUT2D eigenvalue weighted by molar-refractivity contribution is -0.153. The number of halogens is 4. The summed E-state index contributed by atoms with van der Waals surface area (Å²) < 4.78 is 52.5. The van der Waals surface area contributed by atoms with E-state index in [-0.39, 0.29) is 28.6 Å². The highest BCUT2D eigenvalue weighted by Gasteiger charge is 2.44. The van der Waals surface area contributed by atoms with Crippen LogP contribution in [0.1, 0.15) is 37.5 Å². The van der Waals surface area contributed by atoms with Crippen LogP contribution in [0.3, 0.4) is 0 Å². The smallest absolute Gasteiger partial charge is 0.416 e. The molecule has 2 amide bonds. The van der Waals surface area contributed by atoms with Gasteiger partial charge < -0.3 is 9.47 Å². The second-order valence-electron chi connectivity index (χ2n) is 9.93. The number of rotatable bonds is 7. The minimum absolute atomic E-state index is 0.00949. The summed E-state index contributed by atoms with van der Waals surface area (Å²) in [5, 5.41) is 4.19. The predicted octanol–water partition coefficient (Wildman–Crippen LogP) is 6.15. The molecule has 3 aromatic rings. The number of thioether (sulfide) groups is 1. The number of fused-ring (bicyclic) bond motifs is 1. The van der Waals surface area contributed by atoms with Gasteiger partial charge in [-0.05, 0) is 74.0 Å². The minimum atomic E-state index is -4.58. The molecule has 4 rings (SSSR count). The molecule has 0 radical (unpaired) electrons. The maximum absolute atomic E-state index is 13.5. The molecule has 0 unspecified atom stereocenters. The summed E-state index contributed by atoms with van der Waals surface area (Å²) in [6.45, 7) is 4.96. The number of nitrogens with zero attached hydrogens (tertiary/aromatic N) is 3. The Bertz CT molecular complexity index is 1510. The normalized spacial score (nSPS) is 16.3. The zero-order valence-electron chi connectivity index (χ0n) is 21.9. The molecule has 1 atom stereocenters. The summed E-state index contributed by atoms with van der Waals surface area (Å²) in [5.41, 5.74) is -0.325. The first kappa shape index (κ1) is 29.6. The SMILES string of the molecule is COC(=O)[C@@H](COC(C)(C)C)N1C(=O)SC(=Cc2ccc3c(cnn3Cc3ccc(Cl)cc3C(F)(F)F)c2)C1=O. The second kappa shape index (κ2) is 11.3. The number of methoxy groups -OCH3 is 1. The van der Waals surface area contributed by atoms with Gasteiger partial charge >= 0.3 is 12.1 Å². The highest BCUT2D eigenvalue weighted by molar-refractivity contribution is 8.18. The number of amides is 2. The zero-order valence-corrected chi connectivity index (χ0v) is 23.5. The number of alkyl halides is 3. The molecule has 0 saturated carbocycles. The molecule has 2 heterocycles. The fourth-order valence-electron chi connectivity index (χ4n) is 4.05. The van der Waals surface area contributed by atoms with E-state index in [9.17, 15) is 27.6 Å². The lowest BCUT2D eigenvalue weighted by Gasteiger charge is -2.27. The molecule has 8 nitrogen and oxygen atoms in total. The van der Waals surface area contributed by atoms with E-state index in [0.29, 0.717) is 28.2 Å². The quantitative estimate of drug-likeness (QED) is 0.239. The molecule has 0 aliphatic carbocycles. The van der Waals surface area contributed by atoms with E-state index in [1.165, 1.54) is 29.1 Å². The van der Waals surface area contributed by atoms with E-state index in [0.717, 1.165) is 18.1 Å². The standard InChI is InChI=1S/C27H25ClF3N3O5S/c1-26(2,3)39-14-21(24(36)38-4)34-23(35)22(40-25(34)37)10-15-5-8-20-17(9-15)12-32-33(20)13-16-6-7-18(28)11-19(16)27(29,30)31/h5-12,21H,13-14H2,1-4H3/t21-/m1/s1. The molecular weight excluding hydrogens is 571 g/mol.